The Morgan fingerprint density at radius 2 is 1.84 bits per heavy atom. The first-order chi connectivity index (χ1) is 15.1. The predicted octanol–water partition coefficient (Wildman–Crippen LogP) is 5.57. The van der Waals surface area contributed by atoms with Crippen LogP contribution in [0.1, 0.15) is 40.9 Å². The molecule has 2 aromatic carbocycles. The molecule has 1 aromatic heterocycles. The second-order valence-corrected chi connectivity index (χ2v) is 8.52. The van der Waals surface area contributed by atoms with Crippen molar-refractivity contribution in [3.8, 4) is 5.75 Å². The van der Waals surface area contributed by atoms with E-state index in [0.717, 1.165) is 17.1 Å². The number of nitrogens with zero attached hydrogens (tertiary/aromatic N) is 1. The van der Waals surface area contributed by atoms with Gasteiger partial charge in [-0.1, -0.05) is 29.3 Å². The lowest BCUT2D eigenvalue weighted by Crippen LogP contribution is -2.43. The number of alkyl halides is 3. The Bertz CT molecular complexity index is 1230. The Morgan fingerprint density at radius 3 is 2.44 bits per heavy atom. The number of nitrogens with one attached hydrogen (secondary N) is 1. The number of aromatic nitrogens is 1. The molecule has 5 nitrogen and oxygen atoms in total. The lowest BCUT2D eigenvalue weighted by molar-refractivity contribution is -0.143. The number of carbonyl (C=O) groups is 2. The zero-order valence-corrected chi connectivity index (χ0v) is 18.0. The minimum absolute atomic E-state index is 0.0286. The van der Waals surface area contributed by atoms with Gasteiger partial charge in [-0.15, -0.1) is 0 Å². The summed E-state index contributed by atoms with van der Waals surface area (Å²) in [7, 11) is 0. The monoisotopic (exact) mass is 484 g/mol. The summed E-state index contributed by atoms with van der Waals surface area (Å²) >= 11 is 12.1. The number of fused-ring (bicyclic) bond motifs is 1. The minimum Gasteiger partial charge on any atom is -0.508 e. The van der Waals surface area contributed by atoms with Crippen molar-refractivity contribution in [3.05, 3.63) is 63.3 Å². The lowest BCUT2D eigenvalue weighted by atomic mass is 9.93. The topological polar surface area (TPSA) is 71.3 Å². The van der Waals surface area contributed by atoms with E-state index in [9.17, 15) is 27.9 Å². The van der Waals surface area contributed by atoms with Gasteiger partial charge in [-0.25, -0.2) is 0 Å². The van der Waals surface area contributed by atoms with E-state index in [4.69, 9.17) is 23.2 Å². The van der Waals surface area contributed by atoms with Gasteiger partial charge in [0.25, 0.3) is 11.7 Å². The Kier molecular flexibility index (Phi) is 5.85. The number of amides is 1. The number of phenols is 1. The molecule has 0 unspecified atom stereocenters. The molecule has 10 heteroatoms. The molecule has 1 fully saturated rings. The highest BCUT2D eigenvalue weighted by Crippen LogP contribution is 2.40. The molecule has 1 saturated carbocycles. The Labute approximate surface area is 190 Å². The van der Waals surface area contributed by atoms with E-state index < -0.39 is 29.1 Å². The Morgan fingerprint density at radius 1 is 1.12 bits per heavy atom. The van der Waals surface area contributed by atoms with E-state index in [2.05, 4.69) is 5.32 Å². The molecule has 0 spiro atoms. The predicted molar refractivity (Wildman–Crippen MR) is 114 cm³/mol. The molecule has 0 atom stereocenters. The maximum absolute atomic E-state index is 14.3. The maximum atomic E-state index is 14.3. The molecule has 1 aliphatic rings. The van der Waals surface area contributed by atoms with Crippen molar-refractivity contribution in [3.63, 3.8) is 0 Å². The van der Waals surface area contributed by atoms with Crippen LogP contribution < -0.4 is 5.32 Å². The smallest absolute Gasteiger partial charge is 0.432 e. The minimum atomic E-state index is -4.96. The van der Waals surface area contributed by atoms with Crippen molar-refractivity contribution in [1.29, 1.82) is 0 Å². The quantitative estimate of drug-likeness (QED) is 0.367. The third kappa shape index (κ3) is 4.17. The van der Waals surface area contributed by atoms with Crippen LogP contribution in [-0.2, 0) is 17.5 Å². The third-order valence-corrected chi connectivity index (χ3v) is 6.12. The number of carbonyl (C=O) groups excluding carboxylic acids is 2. The highest BCUT2D eigenvalue weighted by Gasteiger charge is 2.43. The van der Waals surface area contributed by atoms with Gasteiger partial charge in [0, 0.05) is 33.5 Å². The van der Waals surface area contributed by atoms with Gasteiger partial charge < -0.3 is 15.0 Å². The summed E-state index contributed by atoms with van der Waals surface area (Å²) in [6.45, 7) is -0.330. The van der Waals surface area contributed by atoms with Crippen LogP contribution in [0, 0.1) is 0 Å². The standard InChI is InChI=1S/C22H17Cl2F3N2O3/c23-12-5-4-11(16(24)8-12)10-29-17-7-6-14(30)9-15(17)18(20(29)22(25,26)27)19(31)21(32)28-13-2-1-3-13/h4-9,13,30H,1-3,10H2,(H,28,32). The SMILES string of the molecule is O=C(NC1CCC1)C(=O)c1c(C(F)(F)F)n(Cc2ccc(Cl)cc2Cl)c2ccc(O)cc12. The zero-order valence-electron chi connectivity index (χ0n) is 16.5. The fourth-order valence-electron chi connectivity index (χ4n) is 3.77. The Balaban J connectivity index is 1.91. The van der Waals surface area contributed by atoms with E-state index in [1.807, 2.05) is 0 Å². The fraction of sp³-hybridized carbons (Fsp3) is 0.273. The van der Waals surface area contributed by atoms with E-state index >= 15 is 0 Å². The number of hydrogen-bond acceptors (Lipinski definition) is 3. The highest BCUT2D eigenvalue weighted by molar-refractivity contribution is 6.45. The Hall–Kier alpha value is -2.71. The van der Waals surface area contributed by atoms with Crippen molar-refractivity contribution in [2.75, 3.05) is 0 Å². The van der Waals surface area contributed by atoms with Crippen LogP contribution in [0.25, 0.3) is 10.9 Å². The number of ketones is 1. The van der Waals surface area contributed by atoms with Gasteiger partial charge in [0.2, 0.25) is 0 Å². The van der Waals surface area contributed by atoms with Gasteiger partial charge in [-0.05, 0) is 55.2 Å². The molecule has 4 rings (SSSR count). The summed E-state index contributed by atoms with van der Waals surface area (Å²) in [6.07, 6.45) is -2.75. The second-order valence-electron chi connectivity index (χ2n) is 7.68. The summed E-state index contributed by atoms with van der Waals surface area (Å²) in [4.78, 5) is 25.4. The molecule has 1 amide bonds. The summed E-state index contributed by atoms with van der Waals surface area (Å²) in [6, 6.07) is 7.69. The molecule has 2 N–H and O–H groups in total. The molecule has 168 valence electrons. The summed E-state index contributed by atoms with van der Waals surface area (Å²) in [5.41, 5.74) is -1.71. The molecule has 1 heterocycles. The molecule has 0 bridgehead atoms. The first-order valence-electron chi connectivity index (χ1n) is 9.78. The van der Waals surface area contributed by atoms with Crippen molar-refractivity contribution >= 4 is 45.8 Å². The molecule has 3 aromatic rings. The number of Topliss-reactive ketones (excluding diaryl/α,β-unsaturated/α-hetero) is 1. The van der Waals surface area contributed by atoms with Gasteiger partial charge in [0.05, 0.1) is 5.56 Å². The second kappa shape index (κ2) is 8.33. The first-order valence-corrected chi connectivity index (χ1v) is 10.5. The van der Waals surface area contributed by atoms with E-state index in [0.29, 0.717) is 23.4 Å². The van der Waals surface area contributed by atoms with Crippen molar-refractivity contribution in [2.24, 2.45) is 0 Å². The molecule has 32 heavy (non-hydrogen) atoms. The van der Waals surface area contributed by atoms with Crippen LogP contribution in [0.3, 0.4) is 0 Å². The lowest BCUT2D eigenvalue weighted by Gasteiger charge is -2.26. The van der Waals surface area contributed by atoms with Crippen LogP contribution in [0.15, 0.2) is 36.4 Å². The van der Waals surface area contributed by atoms with E-state index in [1.165, 1.54) is 30.3 Å². The average molecular weight is 485 g/mol. The molecule has 0 radical (unpaired) electrons. The summed E-state index contributed by atoms with van der Waals surface area (Å²) in [5.74, 6) is -2.74. The molecular formula is C22H17Cl2F3N2O3. The zero-order chi connectivity index (χ0) is 23.2. The first kappa shape index (κ1) is 22.5. The number of aromatic hydroxyl groups is 1. The molecule has 0 aliphatic heterocycles. The number of rotatable bonds is 5. The largest absolute Gasteiger partial charge is 0.508 e. The maximum Gasteiger partial charge on any atom is 0.432 e. The van der Waals surface area contributed by atoms with Gasteiger partial charge in [-0.3, -0.25) is 9.59 Å². The van der Waals surface area contributed by atoms with Crippen LogP contribution in [0.5, 0.6) is 5.75 Å². The van der Waals surface area contributed by atoms with Crippen molar-refractivity contribution < 1.29 is 27.9 Å². The fourth-order valence-corrected chi connectivity index (χ4v) is 4.24. The van der Waals surface area contributed by atoms with Crippen LogP contribution >= 0.6 is 23.2 Å². The van der Waals surface area contributed by atoms with Gasteiger partial charge in [0.1, 0.15) is 11.4 Å². The molecule has 0 saturated heterocycles. The van der Waals surface area contributed by atoms with Gasteiger partial charge >= 0.3 is 6.18 Å². The van der Waals surface area contributed by atoms with E-state index in [-0.39, 0.29) is 34.3 Å². The van der Waals surface area contributed by atoms with Crippen LogP contribution in [-0.4, -0.2) is 27.4 Å². The van der Waals surface area contributed by atoms with E-state index in [1.54, 1.807) is 0 Å². The number of phenolic OH excluding ortho intramolecular Hbond substituents is 1. The average Bonchev–Trinajstić information content (AvgIpc) is 2.99. The van der Waals surface area contributed by atoms with Crippen molar-refractivity contribution in [1.82, 2.24) is 9.88 Å². The van der Waals surface area contributed by atoms with Crippen LogP contribution in [0.2, 0.25) is 10.0 Å². The molecular weight excluding hydrogens is 468 g/mol. The summed E-state index contributed by atoms with van der Waals surface area (Å²) in [5, 5.41) is 12.7. The molecule has 1 aliphatic carbocycles. The third-order valence-electron chi connectivity index (χ3n) is 5.53. The number of hydrogen-bond donors (Lipinski definition) is 2. The number of benzene rings is 2. The van der Waals surface area contributed by atoms with Crippen molar-refractivity contribution in [2.45, 2.75) is 38.0 Å². The van der Waals surface area contributed by atoms with Gasteiger partial charge in [0.15, 0.2) is 0 Å². The van der Waals surface area contributed by atoms with Crippen LogP contribution in [0.4, 0.5) is 13.2 Å². The summed E-state index contributed by atoms with van der Waals surface area (Å²) < 4.78 is 43.7. The number of halogens is 5. The normalized spacial score (nSPS) is 14.4. The van der Waals surface area contributed by atoms with Gasteiger partial charge in [-0.2, -0.15) is 13.2 Å². The highest BCUT2D eigenvalue weighted by atomic mass is 35.5.